The van der Waals surface area contributed by atoms with Gasteiger partial charge >= 0.3 is 0 Å². The summed E-state index contributed by atoms with van der Waals surface area (Å²) in [5, 5.41) is 3.74. The number of aryl methyl sites for hydroxylation is 1. The fraction of sp³-hybridized carbons (Fsp3) is 0.455. The third-order valence-corrected chi connectivity index (χ3v) is 5.30. The first kappa shape index (κ1) is 17.2. The Morgan fingerprint density at radius 3 is 2.50 bits per heavy atom. The first-order valence-electron chi connectivity index (χ1n) is 9.80. The normalized spacial score (nSPS) is 17.3. The van der Waals surface area contributed by atoms with E-state index < -0.39 is 0 Å². The number of fused-ring (bicyclic) bond motifs is 1. The predicted molar refractivity (Wildman–Crippen MR) is 105 cm³/mol. The van der Waals surface area contributed by atoms with E-state index in [2.05, 4.69) is 52.7 Å². The molecule has 1 N–H and O–H groups in total. The molecule has 4 heteroatoms. The average Bonchev–Trinajstić information content (AvgIpc) is 2.72. The number of ether oxygens (including phenoxy) is 2. The van der Waals surface area contributed by atoms with Gasteiger partial charge in [-0.1, -0.05) is 24.3 Å². The lowest BCUT2D eigenvalue weighted by molar-refractivity contribution is 0.171. The van der Waals surface area contributed by atoms with E-state index in [-0.39, 0.29) is 0 Å². The Bertz CT molecular complexity index is 697. The highest BCUT2D eigenvalue weighted by molar-refractivity contribution is 5.46. The first-order chi connectivity index (χ1) is 12.9. The van der Waals surface area contributed by atoms with Crippen molar-refractivity contribution >= 4 is 5.69 Å². The number of anilines is 1. The molecular weight excluding hydrogens is 324 g/mol. The third-order valence-electron chi connectivity index (χ3n) is 5.30. The Labute approximate surface area is 156 Å². The molecule has 2 aliphatic heterocycles. The van der Waals surface area contributed by atoms with E-state index in [1.165, 1.54) is 24.1 Å². The van der Waals surface area contributed by atoms with Crippen LogP contribution in [0.5, 0.6) is 11.5 Å². The summed E-state index contributed by atoms with van der Waals surface area (Å²) < 4.78 is 11.2. The van der Waals surface area contributed by atoms with Crippen molar-refractivity contribution in [1.82, 2.24) is 5.32 Å². The average molecular weight is 352 g/mol. The molecule has 1 fully saturated rings. The van der Waals surface area contributed by atoms with Gasteiger partial charge in [0, 0.05) is 24.8 Å². The summed E-state index contributed by atoms with van der Waals surface area (Å²) in [6.07, 6.45) is 4.67. The molecule has 0 saturated carbocycles. The maximum atomic E-state index is 5.67. The Kier molecular flexibility index (Phi) is 5.60. The molecule has 2 heterocycles. The summed E-state index contributed by atoms with van der Waals surface area (Å²) in [5.41, 5.74) is 2.68. The molecule has 138 valence electrons. The zero-order valence-corrected chi connectivity index (χ0v) is 15.3. The Morgan fingerprint density at radius 1 is 0.923 bits per heavy atom. The maximum absolute atomic E-state index is 5.67. The smallest absolute Gasteiger partial charge is 0.161 e. The van der Waals surface area contributed by atoms with Gasteiger partial charge in [-0.05, 0) is 62.1 Å². The van der Waals surface area contributed by atoms with Crippen molar-refractivity contribution < 1.29 is 9.47 Å². The summed E-state index contributed by atoms with van der Waals surface area (Å²) in [4.78, 5) is 2.49. The molecule has 0 atom stereocenters. The standard InChI is InChI=1S/C22H28N2O2/c1-2-6-20(7-3-1)24-13-10-19(11-14-24)23-12-4-5-18-8-9-21-22(17-18)26-16-15-25-21/h1-3,6-9,17,19,23H,4-5,10-16H2. The minimum absolute atomic E-state index is 0.648. The number of benzene rings is 2. The van der Waals surface area contributed by atoms with Gasteiger partial charge in [0.1, 0.15) is 13.2 Å². The van der Waals surface area contributed by atoms with Gasteiger partial charge in [0.2, 0.25) is 0 Å². The van der Waals surface area contributed by atoms with Crippen molar-refractivity contribution in [2.75, 3.05) is 37.7 Å². The van der Waals surface area contributed by atoms with Gasteiger partial charge in [-0.3, -0.25) is 0 Å². The van der Waals surface area contributed by atoms with Crippen LogP contribution in [0.3, 0.4) is 0 Å². The Balaban J connectivity index is 1.17. The van der Waals surface area contributed by atoms with Crippen LogP contribution in [-0.4, -0.2) is 38.9 Å². The first-order valence-corrected chi connectivity index (χ1v) is 9.80. The number of nitrogens with zero attached hydrogens (tertiary/aromatic N) is 1. The quantitative estimate of drug-likeness (QED) is 0.805. The van der Waals surface area contributed by atoms with Crippen LogP contribution in [0.15, 0.2) is 48.5 Å². The summed E-state index contributed by atoms with van der Waals surface area (Å²) >= 11 is 0. The maximum Gasteiger partial charge on any atom is 0.161 e. The molecule has 0 aromatic heterocycles. The van der Waals surface area contributed by atoms with Gasteiger partial charge in [0.25, 0.3) is 0 Å². The number of rotatable bonds is 6. The van der Waals surface area contributed by atoms with Crippen LogP contribution in [0.4, 0.5) is 5.69 Å². The highest BCUT2D eigenvalue weighted by atomic mass is 16.6. The monoisotopic (exact) mass is 352 g/mol. The number of piperidine rings is 1. The predicted octanol–water partition coefficient (Wildman–Crippen LogP) is 3.65. The van der Waals surface area contributed by atoms with Crippen molar-refractivity contribution in [2.45, 2.75) is 31.7 Å². The van der Waals surface area contributed by atoms with Gasteiger partial charge in [0.05, 0.1) is 0 Å². The molecular formula is C22H28N2O2. The van der Waals surface area contributed by atoms with Crippen LogP contribution in [-0.2, 0) is 6.42 Å². The zero-order chi connectivity index (χ0) is 17.6. The lowest BCUT2D eigenvalue weighted by atomic mass is 10.0. The largest absolute Gasteiger partial charge is 0.486 e. The van der Waals surface area contributed by atoms with Gasteiger partial charge < -0.3 is 19.7 Å². The van der Waals surface area contributed by atoms with Crippen LogP contribution in [0.1, 0.15) is 24.8 Å². The summed E-state index contributed by atoms with van der Waals surface area (Å²) in [5.74, 6) is 1.78. The fourth-order valence-corrected chi connectivity index (χ4v) is 3.82. The van der Waals surface area contributed by atoms with Crippen LogP contribution >= 0.6 is 0 Å². The van der Waals surface area contributed by atoms with Crippen molar-refractivity contribution in [3.8, 4) is 11.5 Å². The van der Waals surface area contributed by atoms with Crippen LogP contribution in [0, 0.1) is 0 Å². The summed E-state index contributed by atoms with van der Waals surface area (Å²) in [6, 6.07) is 17.7. The minimum Gasteiger partial charge on any atom is -0.486 e. The van der Waals surface area contributed by atoms with E-state index in [1.807, 2.05) is 6.07 Å². The molecule has 0 amide bonds. The minimum atomic E-state index is 0.648. The lowest BCUT2D eigenvalue weighted by Gasteiger charge is -2.34. The third kappa shape index (κ3) is 4.31. The van der Waals surface area contributed by atoms with Crippen LogP contribution in [0.2, 0.25) is 0 Å². The molecule has 2 aromatic carbocycles. The molecule has 0 spiro atoms. The topological polar surface area (TPSA) is 33.7 Å². The van der Waals surface area contributed by atoms with Gasteiger partial charge in [-0.2, -0.15) is 0 Å². The fourth-order valence-electron chi connectivity index (χ4n) is 3.82. The van der Waals surface area contributed by atoms with Gasteiger partial charge in [0.15, 0.2) is 11.5 Å². The lowest BCUT2D eigenvalue weighted by Crippen LogP contribution is -2.42. The number of hydrogen-bond acceptors (Lipinski definition) is 4. The molecule has 26 heavy (non-hydrogen) atoms. The highest BCUT2D eigenvalue weighted by Crippen LogP contribution is 2.31. The van der Waals surface area contributed by atoms with E-state index in [1.54, 1.807) is 0 Å². The van der Waals surface area contributed by atoms with Crippen molar-refractivity contribution in [1.29, 1.82) is 0 Å². The Morgan fingerprint density at radius 2 is 1.69 bits per heavy atom. The Hall–Kier alpha value is -2.20. The number of hydrogen-bond donors (Lipinski definition) is 1. The van der Waals surface area contributed by atoms with E-state index in [0.717, 1.165) is 44.0 Å². The zero-order valence-electron chi connectivity index (χ0n) is 15.3. The van der Waals surface area contributed by atoms with Crippen molar-refractivity contribution in [3.63, 3.8) is 0 Å². The van der Waals surface area contributed by atoms with Crippen LogP contribution < -0.4 is 19.7 Å². The molecule has 0 unspecified atom stereocenters. The molecule has 0 radical (unpaired) electrons. The van der Waals surface area contributed by atoms with Crippen molar-refractivity contribution in [2.24, 2.45) is 0 Å². The van der Waals surface area contributed by atoms with Gasteiger partial charge in [-0.15, -0.1) is 0 Å². The second kappa shape index (κ2) is 8.45. The molecule has 4 rings (SSSR count). The summed E-state index contributed by atoms with van der Waals surface area (Å²) in [7, 11) is 0. The molecule has 0 aliphatic carbocycles. The highest BCUT2D eigenvalue weighted by Gasteiger charge is 2.18. The second-order valence-electron chi connectivity index (χ2n) is 7.13. The van der Waals surface area contributed by atoms with E-state index in [0.29, 0.717) is 19.3 Å². The van der Waals surface area contributed by atoms with Crippen LogP contribution in [0.25, 0.3) is 0 Å². The van der Waals surface area contributed by atoms with E-state index >= 15 is 0 Å². The van der Waals surface area contributed by atoms with E-state index in [4.69, 9.17) is 9.47 Å². The number of nitrogens with one attached hydrogen (secondary N) is 1. The van der Waals surface area contributed by atoms with E-state index in [9.17, 15) is 0 Å². The molecule has 2 aromatic rings. The molecule has 0 bridgehead atoms. The second-order valence-corrected chi connectivity index (χ2v) is 7.13. The van der Waals surface area contributed by atoms with Gasteiger partial charge in [-0.25, -0.2) is 0 Å². The number of para-hydroxylation sites is 1. The molecule has 1 saturated heterocycles. The van der Waals surface area contributed by atoms with Crippen molar-refractivity contribution in [3.05, 3.63) is 54.1 Å². The SMILES string of the molecule is c1ccc(N2CCC(NCCCc3ccc4c(c3)OCCO4)CC2)cc1. The molecule has 2 aliphatic rings. The molecule has 4 nitrogen and oxygen atoms in total. The summed E-state index contributed by atoms with van der Waals surface area (Å²) in [6.45, 7) is 4.66.